The Kier molecular flexibility index (Phi) is 2.71. The molecule has 0 saturated carbocycles. The van der Waals surface area contributed by atoms with Gasteiger partial charge in [0.15, 0.2) is 0 Å². The Morgan fingerprint density at radius 3 is 3.00 bits per heavy atom. The SMILES string of the molecule is Nc1cn2nc(CCc3cccc(F)c3)sc2n1. The quantitative estimate of drug-likeness (QED) is 0.788. The fourth-order valence-electron chi connectivity index (χ4n) is 1.80. The van der Waals surface area contributed by atoms with E-state index in [4.69, 9.17) is 5.73 Å². The van der Waals surface area contributed by atoms with E-state index in [9.17, 15) is 4.39 Å². The molecule has 0 aliphatic rings. The smallest absolute Gasteiger partial charge is 0.214 e. The van der Waals surface area contributed by atoms with Crippen LogP contribution in [0.5, 0.6) is 0 Å². The normalized spacial score (nSPS) is 11.2. The van der Waals surface area contributed by atoms with Gasteiger partial charge in [0.05, 0.1) is 6.20 Å². The summed E-state index contributed by atoms with van der Waals surface area (Å²) >= 11 is 1.51. The van der Waals surface area contributed by atoms with Crippen LogP contribution in [0.3, 0.4) is 0 Å². The average Bonchev–Trinajstić information content (AvgIpc) is 2.83. The Hall–Kier alpha value is -1.95. The summed E-state index contributed by atoms with van der Waals surface area (Å²) in [5, 5.41) is 5.34. The van der Waals surface area contributed by atoms with Gasteiger partial charge in [-0.05, 0) is 24.1 Å². The van der Waals surface area contributed by atoms with E-state index in [2.05, 4.69) is 10.1 Å². The molecule has 3 aromatic rings. The maximum absolute atomic E-state index is 13.0. The highest BCUT2D eigenvalue weighted by Gasteiger charge is 2.06. The number of hydrogen-bond acceptors (Lipinski definition) is 4. The van der Waals surface area contributed by atoms with E-state index in [1.165, 1.54) is 17.4 Å². The van der Waals surface area contributed by atoms with E-state index in [0.717, 1.165) is 28.4 Å². The average molecular weight is 262 g/mol. The summed E-state index contributed by atoms with van der Waals surface area (Å²) in [5.74, 6) is 0.277. The van der Waals surface area contributed by atoms with Crippen LogP contribution in [0.15, 0.2) is 30.5 Å². The van der Waals surface area contributed by atoms with Gasteiger partial charge in [-0.3, -0.25) is 0 Å². The number of aromatic nitrogens is 3. The molecule has 2 heterocycles. The van der Waals surface area contributed by atoms with Gasteiger partial charge >= 0.3 is 0 Å². The Bertz CT molecular complexity index is 657. The van der Waals surface area contributed by atoms with Crippen molar-refractivity contribution in [3.63, 3.8) is 0 Å². The Labute approximate surface area is 107 Å². The lowest BCUT2D eigenvalue weighted by Gasteiger charge is -1.98. The molecule has 0 saturated heterocycles. The molecule has 0 radical (unpaired) electrons. The fraction of sp³-hybridized carbons (Fsp3) is 0.167. The molecule has 0 bridgehead atoms. The van der Waals surface area contributed by atoms with Gasteiger partial charge in [0.25, 0.3) is 0 Å². The lowest BCUT2D eigenvalue weighted by Crippen LogP contribution is -1.93. The van der Waals surface area contributed by atoms with E-state index in [0.29, 0.717) is 5.82 Å². The molecule has 0 aliphatic carbocycles. The van der Waals surface area contributed by atoms with Gasteiger partial charge < -0.3 is 5.73 Å². The molecule has 2 N–H and O–H groups in total. The summed E-state index contributed by atoms with van der Waals surface area (Å²) < 4.78 is 14.7. The Morgan fingerprint density at radius 2 is 2.22 bits per heavy atom. The molecule has 0 unspecified atom stereocenters. The number of nitrogens with two attached hydrogens (primary N) is 1. The number of rotatable bonds is 3. The number of imidazole rings is 1. The summed E-state index contributed by atoms with van der Waals surface area (Å²) in [5.41, 5.74) is 6.53. The number of benzene rings is 1. The second kappa shape index (κ2) is 4.38. The van der Waals surface area contributed by atoms with Crippen LogP contribution in [-0.4, -0.2) is 14.6 Å². The van der Waals surface area contributed by atoms with Crippen molar-refractivity contribution in [3.05, 3.63) is 46.9 Å². The van der Waals surface area contributed by atoms with Crippen LogP contribution in [0, 0.1) is 5.82 Å². The number of halogens is 1. The van der Waals surface area contributed by atoms with Gasteiger partial charge in [-0.15, -0.1) is 0 Å². The standard InChI is InChI=1S/C12H11FN4S/c13-9-3-1-2-8(6-9)4-5-11-16-17-7-10(14)15-12(17)18-11/h1-3,6-7H,4-5,14H2. The van der Waals surface area contributed by atoms with Crippen LogP contribution in [0.4, 0.5) is 10.2 Å². The minimum Gasteiger partial charge on any atom is -0.382 e. The summed E-state index contributed by atoms with van der Waals surface area (Å²) in [6, 6.07) is 6.64. The first kappa shape index (κ1) is 11.2. The molecule has 18 heavy (non-hydrogen) atoms. The van der Waals surface area contributed by atoms with Crippen molar-refractivity contribution in [2.45, 2.75) is 12.8 Å². The monoisotopic (exact) mass is 262 g/mol. The first-order chi connectivity index (χ1) is 8.70. The van der Waals surface area contributed by atoms with Crippen molar-refractivity contribution < 1.29 is 4.39 Å². The van der Waals surface area contributed by atoms with Crippen LogP contribution in [0.25, 0.3) is 4.96 Å². The number of aryl methyl sites for hydroxylation is 2. The third-order valence-electron chi connectivity index (χ3n) is 2.62. The van der Waals surface area contributed by atoms with Crippen LogP contribution >= 0.6 is 11.3 Å². The van der Waals surface area contributed by atoms with Gasteiger partial charge in [0.2, 0.25) is 4.96 Å². The number of nitrogens with zero attached hydrogens (tertiary/aromatic N) is 3. The van der Waals surface area contributed by atoms with Gasteiger partial charge in [-0.2, -0.15) is 5.10 Å². The number of fused-ring (bicyclic) bond motifs is 1. The Morgan fingerprint density at radius 1 is 1.33 bits per heavy atom. The first-order valence-corrected chi connectivity index (χ1v) is 6.37. The van der Waals surface area contributed by atoms with Crippen LogP contribution in [-0.2, 0) is 12.8 Å². The van der Waals surface area contributed by atoms with E-state index >= 15 is 0 Å². The Balaban J connectivity index is 1.74. The van der Waals surface area contributed by atoms with Crippen molar-refractivity contribution >= 4 is 22.1 Å². The topological polar surface area (TPSA) is 56.2 Å². The molecule has 3 rings (SSSR count). The first-order valence-electron chi connectivity index (χ1n) is 5.56. The molecule has 0 atom stereocenters. The van der Waals surface area contributed by atoms with Crippen LogP contribution in [0.2, 0.25) is 0 Å². The molecular formula is C12H11FN4S. The molecular weight excluding hydrogens is 251 g/mol. The molecule has 1 aromatic carbocycles. The van der Waals surface area contributed by atoms with E-state index < -0.39 is 0 Å². The van der Waals surface area contributed by atoms with Crippen molar-refractivity contribution in [2.24, 2.45) is 0 Å². The zero-order valence-corrected chi connectivity index (χ0v) is 10.3. The molecule has 2 aromatic heterocycles. The van der Waals surface area contributed by atoms with Crippen LogP contribution in [0.1, 0.15) is 10.6 Å². The van der Waals surface area contributed by atoms with E-state index in [1.54, 1.807) is 22.8 Å². The van der Waals surface area contributed by atoms with Crippen molar-refractivity contribution in [2.75, 3.05) is 5.73 Å². The molecule has 92 valence electrons. The summed E-state index contributed by atoms with van der Waals surface area (Å²) in [6.07, 6.45) is 3.23. The third-order valence-corrected chi connectivity index (χ3v) is 3.60. The highest BCUT2D eigenvalue weighted by molar-refractivity contribution is 7.16. The maximum atomic E-state index is 13.0. The lowest BCUT2D eigenvalue weighted by molar-refractivity contribution is 0.625. The number of anilines is 1. The van der Waals surface area contributed by atoms with Crippen molar-refractivity contribution in [1.82, 2.24) is 14.6 Å². The molecule has 6 heteroatoms. The largest absolute Gasteiger partial charge is 0.382 e. The maximum Gasteiger partial charge on any atom is 0.214 e. The van der Waals surface area contributed by atoms with Gasteiger partial charge in [-0.1, -0.05) is 23.5 Å². The third kappa shape index (κ3) is 2.19. The molecule has 4 nitrogen and oxygen atoms in total. The molecule has 0 aliphatic heterocycles. The van der Waals surface area contributed by atoms with E-state index in [-0.39, 0.29) is 5.82 Å². The highest BCUT2D eigenvalue weighted by atomic mass is 32.1. The van der Waals surface area contributed by atoms with E-state index in [1.807, 2.05) is 6.07 Å². The summed E-state index contributed by atoms with van der Waals surface area (Å²) in [7, 11) is 0. The van der Waals surface area contributed by atoms with Gasteiger partial charge in [0.1, 0.15) is 16.6 Å². The minimum absolute atomic E-state index is 0.200. The van der Waals surface area contributed by atoms with Gasteiger partial charge in [-0.25, -0.2) is 13.9 Å². The second-order valence-electron chi connectivity index (χ2n) is 4.02. The summed E-state index contributed by atoms with van der Waals surface area (Å²) in [6.45, 7) is 0. The molecule has 0 spiro atoms. The molecule has 0 fully saturated rings. The van der Waals surface area contributed by atoms with Crippen LogP contribution < -0.4 is 5.73 Å². The predicted molar refractivity (Wildman–Crippen MR) is 69.1 cm³/mol. The number of nitrogen functional groups attached to an aromatic ring is 1. The predicted octanol–water partition coefficient (Wildman–Crippen LogP) is 2.30. The zero-order chi connectivity index (χ0) is 12.5. The van der Waals surface area contributed by atoms with Gasteiger partial charge in [0, 0.05) is 6.42 Å². The van der Waals surface area contributed by atoms with Crippen molar-refractivity contribution in [1.29, 1.82) is 0 Å². The molecule has 0 amide bonds. The minimum atomic E-state index is -0.200. The summed E-state index contributed by atoms with van der Waals surface area (Å²) in [4.78, 5) is 4.93. The number of hydrogen-bond donors (Lipinski definition) is 1. The second-order valence-corrected chi connectivity index (χ2v) is 5.06. The fourth-order valence-corrected chi connectivity index (χ4v) is 2.68. The van der Waals surface area contributed by atoms with Crippen molar-refractivity contribution in [3.8, 4) is 0 Å². The lowest BCUT2D eigenvalue weighted by atomic mass is 10.1. The highest BCUT2D eigenvalue weighted by Crippen LogP contribution is 2.17. The zero-order valence-electron chi connectivity index (χ0n) is 9.51.